The third-order valence-corrected chi connectivity index (χ3v) is 2.31. The molecule has 1 saturated heterocycles. The van der Waals surface area contributed by atoms with Gasteiger partial charge in [-0.15, -0.1) is 0 Å². The van der Waals surface area contributed by atoms with Crippen LogP contribution in [0.15, 0.2) is 12.7 Å². The first-order valence-electron chi connectivity index (χ1n) is 5.31. The van der Waals surface area contributed by atoms with Crippen LogP contribution in [0.5, 0.6) is 0 Å². The molecule has 1 heterocycles. The highest BCUT2D eigenvalue weighted by Crippen LogP contribution is 2.33. The zero-order valence-corrected chi connectivity index (χ0v) is 9.59. The Balaban J connectivity index is 0.000000921. The van der Waals surface area contributed by atoms with E-state index in [1.54, 1.807) is 6.92 Å². The second kappa shape index (κ2) is 5.83. The smallest absolute Gasteiger partial charge is 0.267 e. The number of hydrogen-bond acceptors (Lipinski definition) is 1. The third kappa shape index (κ3) is 3.61. The van der Waals surface area contributed by atoms with Gasteiger partial charge >= 0.3 is 0 Å². The molecule has 0 aromatic carbocycles. The lowest BCUT2D eigenvalue weighted by atomic mass is 10.1. The molecule has 0 saturated carbocycles. The molecule has 88 valence electrons. The second-order valence-electron chi connectivity index (χ2n) is 3.29. The molecule has 1 fully saturated rings. The van der Waals surface area contributed by atoms with Gasteiger partial charge in [0.25, 0.3) is 5.92 Å². The predicted octanol–water partition coefficient (Wildman–Crippen LogP) is 2.84. The van der Waals surface area contributed by atoms with Crippen LogP contribution in [-0.2, 0) is 4.79 Å². The van der Waals surface area contributed by atoms with E-state index in [1.807, 2.05) is 13.8 Å². The molecule has 0 N–H and O–H groups in total. The van der Waals surface area contributed by atoms with E-state index in [0.717, 1.165) is 6.08 Å². The molecule has 1 aliphatic rings. The van der Waals surface area contributed by atoms with Gasteiger partial charge in [-0.25, -0.2) is 8.78 Å². The van der Waals surface area contributed by atoms with Crippen molar-refractivity contribution in [3.63, 3.8) is 0 Å². The molecular formula is C11H19F2NO. The van der Waals surface area contributed by atoms with Crippen molar-refractivity contribution in [2.45, 2.75) is 45.6 Å². The molecule has 1 amide bonds. The van der Waals surface area contributed by atoms with Crippen LogP contribution >= 0.6 is 0 Å². The molecule has 0 bridgehead atoms. The van der Waals surface area contributed by atoms with E-state index in [-0.39, 0.29) is 12.5 Å². The van der Waals surface area contributed by atoms with Crippen LogP contribution in [0.25, 0.3) is 0 Å². The largest absolute Gasteiger partial charge is 0.330 e. The maximum absolute atomic E-state index is 12.9. The summed E-state index contributed by atoms with van der Waals surface area (Å²) in [7, 11) is 0. The molecule has 1 atom stereocenters. The third-order valence-electron chi connectivity index (χ3n) is 2.31. The summed E-state index contributed by atoms with van der Waals surface area (Å²) in [4.78, 5) is 12.3. The monoisotopic (exact) mass is 219 g/mol. The van der Waals surface area contributed by atoms with Crippen molar-refractivity contribution in [1.29, 1.82) is 0 Å². The highest BCUT2D eigenvalue weighted by Gasteiger charge is 2.45. The van der Waals surface area contributed by atoms with Crippen molar-refractivity contribution in [3.05, 3.63) is 12.7 Å². The average molecular weight is 219 g/mol. The molecule has 1 aliphatic heterocycles. The number of alkyl halides is 2. The maximum atomic E-state index is 12.9. The summed E-state index contributed by atoms with van der Waals surface area (Å²) >= 11 is 0. The first kappa shape index (κ1) is 14.1. The van der Waals surface area contributed by atoms with Crippen molar-refractivity contribution < 1.29 is 13.6 Å². The average Bonchev–Trinajstić information content (AvgIpc) is 2.55. The van der Waals surface area contributed by atoms with Crippen molar-refractivity contribution in [2.24, 2.45) is 0 Å². The van der Waals surface area contributed by atoms with E-state index in [2.05, 4.69) is 6.58 Å². The molecule has 0 aliphatic carbocycles. The molecule has 1 unspecified atom stereocenters. The van der Waals surface area contributed by atoms with Gasteiger partial charge in [-0.1, -0.05) is 27.4 Å². The SMILES string of the molecule is C=CC(=O)N1CC(F)(F)CC1CC.CC. The summed E-state index contributed by atoms with van der Waals surface area (Å²) in [6.07, 6.45) is 1.43. The van der Waals surface area contributed by atoms with Gasteiger partial charge < -0.3 is 4.90 Å². The highest BCUT2D eigenvalue weighted by molar-refractivity contribution is 5.87. The standard InChI is InChI=1S/C9H13F2NO.C2H6/c1-3-7-5-9(10,11)6-12(7)8(13)4-2;1-2/h4,7H,2-3,5-6H2,1H3;1-2H3. The summed E-state index contributed by atoms with van der Waals surface area (Å²) in [6, 6.07) is -0.333. The van der Waals surface area contributed by atoms with Crippen LogP contribution in [0.4, 0.5) is 8.78 Å². The number of carbonyl (C=O) groups excluding carboxylic acids is 1. The molecule has 2 nitrogen and oxygen atoms in total. The minimum Gasteiger partial charge on any atom is -0.330 e. The van der Waals surface area contributed by atoms with E-state index in [1.165, 1.54) is 4.90 Å². The van der Waals surface area contributed by atoms with E-state index in [0.29, 0.717) is 6.42 Å². The Bertz CT molecular complexity index is 229. The minimum absolute atomic E-state index is 0.219. The van der Waals surface area contributed by atoms with Crippen LogP contribution in [0.3, 0.4) is 0 Å². The van der Waals surface area contributed by atoms with Crippen LogP contribution in [-0.4, -0.2) is 29.3 Å². The Hall–Kier alpha value is -0.930. The highest BCUT2D eigenvalue weighted by atomic mass is 19.3. The van der Waals surface area contributed by atoms with Crippen LogP contribution < -0.4 is 0 Å². The fourth-order valence-electron chi connectivity index (χ4n) is 1.64. The molecule has 4 heteroatoms. The van der Waals surface area contributed by atoms with Crippen LogP contribution in [0.2, 0.25) is 0 Å². The number of halogens is 2. The number of nitrogens with zero attached hydrogens (tertiary/aromatic N) is 1. The maximum Gasteiger partial charge on any atom is 0.267 e. The summed E-state index contributed by atoms with van der Waals surface area (Å²) in [5.74, 6) is -3.12. The normalized spacial score (nSPS) is 23.0. The van der Waals surface area contributed by atoms with Gasteiger partial charge in [0.15, 0.2) is 0 Å². The minimum atomic E-state index is -2.72. The fourth-order valence-corrected chi connectivity index (χ4v) is 1.64. The number of likely N-dealkylation sites (tertiary alicyclic amines) is 1. The molecule has 1 rings (SSSR count). The molecule has 15 heavy (non-hydrogen) atoms. The lowest BCUT2D eigenvalue weighted by Crippen LogP contribution is -2.34. The zero-order chi connectivity index (χ0) is 12.1. The summed E-state index contributed by atoms with van der Waals surface area (Å²) in [6.45, 7) is 8.62. The summed E-state index contributed by atoms with van der Waals surface area (Å²) in [5, 5.41) is 0. The number of rotatable bonds is 2. The number of carbonyl (C=O) groups is 1. The lowest BCUT2D eigenvalue weighted by Gasteiger charge is -2.20. The van der Waals surface area contributed by atoms with E-state index < -0.39 is 18.4 Å². The number of amides is 1. The van der Waals surface area contributed by atoms with Gasteiger partial charge in [0.2, 0.25) is 5.91 Å². The molecule has 0 spiro atoms. The van der Waals surface area contributed by atoms with Crippen molar-refractivity contribution in [3.8, 4) is 0 Å². The van der Waals surface area contributed by atoms with Gasteiger partial charge in [0, 0.05) is 12.5 Å². The zero-order valence-electron chi connectivity index (χ0n) is 9.59. The molecular weight excluding hydrogens is 200 g/mol. The van der Waals surface area contributed by atoms with Gasteiger partial charge in [-0.05, 0) is 12.5 Å². The van der Waals surface area contributed by atoms with Crippen LogP contribution in [0, 0.1) is 0 Å². The summed E-state index contributed by atoms with van der Waals surface area (Å²) in [5.41, 5.74) is 0. The molecule has 0 aromatic rings. The Morgan fingerprint density at radius 2 is 2.13 bits per heavy atom. The lowest BCUT2D eigenvalue weighted by molar-refractivity contribution is -0.128. The number of hydrogen-bond donors (Lipinski definition) is 0. The first-order valence-corrected chi connectivity index (χ1v) is 5.31. The van der Waals surface area contributed by atoms with Gasteiger partial charge in [-0.2, -0.15) is 0 Å². The van der Waals surface area contributed by atoms with Crippen molar-refractivity contribution >= 4 is 5.91 Å². The Morgan fingerprint density at radius 1 is 1.60 bits per heavy atom. The van der Waals surface area contributed by atoms with Gasteiger partial charge in [-0.3, -0.25) is 4.79 Å². The van der Waals surface area contributed by atoms with Crippen LogP contribution in [0.1, 0.15) is 33.6 Å². The van der Waals surface area contributed by atoms with E-state index in [9.17, 15) is 13.6 Å². The molecule has 0 radical (unpaired) electrons. The van der Waals surface area contributed by atoms with E-state index in [4.69, 9.17) is 0 Å². The Labute approximate surface area is 90.0 Å². The quantitative estimate of drug-likeness (QED) is 0.654. The van der Waals surface area contributed by atoms with Crippen molar-refractivity contribution in [1.82, 2.24) is 4.90 Å². The summed E-state index contributed by atoms with van der Waals surface area (Å²) < 4.78 is 25.8. The Kier molecular flexibility index (Phi) is 5.47. The first-order chi connectivity index (χ1) is 7.00. The van der Waals surface area contributed by atoms with Gasteiger partial charge in [0.1, 0.15) is 0 Å². The second-order valence-corrected chi connectivity index (χ2v) is 3.29. The topological polar surface area (TPSA) is 20.3 Å². The van der Waals surface area contributed by atoms with Gasteiger partial charge in [0.05, 0.1) is 6.54 Å². The fraction of sp³-hybridized carbons (Fsp3) is 0.727. The molecule has 0 aromatic heterocycles. The predicted molar refractivity (Wildman–Crippen MR) is 56.9 cm³/mol. The van der Waals surface area contributed by atoms with E-state index >= 15 is 0 Å². The van der Waals surface area contributed by atoms with Crippen molar-refractivity contribution in [2.75, 3.05) is 6.54 Å². The Morgan fingerprint density at radius 3 is 2.53 bits per heavy atom.